The first-order valence-electron chi connectivity index (χ1n) is 6.12. The first-order valence-corrected chi connectivity index (χ1v) is 6.12. The second-order valence-electron chi connectivity index (χ2n) is 4.98. The fourth-order valence-electron chi connectivity index (χ4n) is 2.27. The zero-order valence-electron chi connectivity index (χ0n) is 11.3. The van der Waals surface area contributed by atoms with Crippen LogP contribution in [0.25, 0.3) is 10.9 Å². The number of nitrogens with one attached hydrogen (secondary N) is 1. The van der Waals surface area contributed by atoms with Gasteiger partial charge in [0.2, 0.25) is 0 Å². The third-order valence-corrected chi connectivity index (χ3v) is 3.13. The topological polar surface area (TPSA) is 24.9 Å². The lowest BCUT2D eigenvalue weighted by atomic mass is 10.0. The normalized spacial score (nSPS) is 11.2. The maximum absolute atomic E-state index is 4.77. The summed E-state index contributed by atoms with van der Waals surface area (Å²) >= 11 is 0. The van der Waals surface area contributed by atoms with Crippen LogP contribution in [0, 0.1) is 13.8 Å². The Bertz CT molecular complexity index is 556. The van der Waals surface area contributed by atoms with Crippen LogP contribution in [0.2, 0.25) is 0 Å². The summed E-state index contributed by atoms with van der Waals surface area (Å²) in [6.07, 6.45) is 0. The Morgan fingerprint density at radius 3 is 2.41 bits per heavy atom. The molecule has 0 aliphatic heterocycles. The lowest BCUT2D eigenvalue weighted by Gasteiger charge is -2.13. The lowest BCUT2D eigenvalue weighted by molar-refractivity contribution is 0.830. The van der Waals surface area contributed by atoms with E-state index >= 15 is 0 Å². The van der Waals surface area contributed by atoms with Gasteiger partial charge in [0.25, 0.3) is 0 Å². The molecule has 2 nitrogen and oxygen atoms in total. The number of rotatable bonds is 2. The fourth-order valence-corrected chi connectivity index (χ4v) is 2.27. The monoisotopic (exact) mass is 228 g/mol. The molecule has 1 heterocycles. The van der Waals surface area contributed by atoms with Gasteiger partial charge in [-0.25, -0.2) is 0 Å². The van der Waals surface area contributed by atoms with E-state index < -0.39 is 0 Å². The van der Waals surface area contributed by atoms with Crippen molar-refractivity contribution in [2.24, 2.45) is 0 Å². The van der Waals surface area contributed by atoms with Crippen molar-refractivity contribution < 1.29 is 0 Å². The maximum Gasteiger partial charge on any atom is 0.0731 e. The molecule has 2 rings (SSSR count). The molecule has 1 aromatic heterocycles. The van der Waals surface area contributed by atoms with Crippen molar-refractivity contribution in [3.8, 4) is 0 Å². The number of aryl methyl sites for hydroxylation is 2. The van der Waals surface area contributed by atoms with Gasteiger partial charge in [-0.3, -0.25) is 4.98 Å². The number of hydrogen-bond donors (Lipinski definition) is 1. The van der Waals surface area contributed by atoms with Gasteiger partial charge in [0.1, 0.15) is 0 Å². The van der Waals surface area contributed by atoms with E-state index in [1.807, 2.05) is 7.05 Å². The first-order chi connectivity index (χ1) is 8.02. The molecule has 2 heteroatoms. The Kier molecular flexibility index (Phi) is 3.05. The molecule has 0 saturated heterocycles. The van der Waals surface area contributed by atoms with Crippen molar-refractivity contribution in [2.75, 3.05) is 12.4 Å². The molecule has 0 bridgehead atoms. The van der Waals surface area contributed by atoms with E-state index in [-0.39, 0.29) is 0 Å². The molecule has 0 aliphatic carbocycles. The minimum atomic E-state index is 0.451. The van der Waals surface area contributed by atoms with Crippen LogP contribution in [0.4, 0.5) is 5.69 Å². The van der Waals surface area contributed by atoms with E-state index in [9.17, 15) is 0 Å². The minimum Gasteiger partial charge on any atom is -0.388 e. The predicted octanol–water partition coefficient (Wildman–Crippen LogP) is 4.02. The van der Waals surface area contributed by atoms with Crippen molar-refractivity contribution in [3.63, 3.8) is 0 Å². The van der Waals surface area contributed by atoms with Gasteiger partial charge in [-0.05, 0) is 43.0 Å². The van der Waals surface area contributed by atoms with Gasteiger partial charge in [0, 0.05) is 23.8 Å². The molecule has 2 aromatic rings. The molecule has 0 unspecified atom stereocenters. The highest BCUT2D eigenvalue weighted by molar-refractivity contribution is 5.94. The Balaban J connectivity index is 2.82. The number of hydrogen-bond acceptors (Lipinski definition) is 2. The van der Waals surface area contributed by atoms with Crippen molar-refractivity contribution in [3.05, 3.63) is 35.0 Å². The predicted molar refractivity (Wildman–Crippen MR) is 74.9 cm³/mol. The number of anilines is 1. The molecule has 0 amide bonds. The van der Waals surface area contributed by atoms with E-state index in [0.717, 1.165) is 11.2 Å². The summed E-state index contributed by atoms with van der Waals surface area (Å²) < 4.78 is 0. The van der Waals surface area contributed by atoms with E-state index in [1.165, 1.54) is 22.2 Å². The smallest absolute Gasteiger partial charge is 0.0731 e. The Morgan fingerprint density at radius 2 is 1.82 bits per heavy atom. The molecule has 0 spiro atoms. The van der Waals surface area contributed by atoms with E-state index in [0.29, 0.717) is 5.92 Å². The van der Waals surface area contributed by atoms with Crippen molar-refractivity contribution >= 4 is 16.6 Å². The van der Waals surface area contributed by atoms with Crippen molar-refractivity contribution in [2.45, 2.75) is 33.6 Å². The quantitative estimate of drug-likeness (QED) is 0.839. The summed E-state index contributed by atoms with van der Waals surface area (Å²) in [5.41, 5.74) is 5.97. The van der Waals surface area contributed by atoms with E-state index in [1.54, 1.807) is 0 Å². The Morgan fingerprint density at radius 1 is 1.12 bits per heavy atom. The van der Waals surface area contributed by atoms with Gasteiger partial charge in [-0.2, -0.15) is 0 Å². The van der Waals surface area contributed by atoms with Crippen LogP contribution in [0.15, 0.2) is 18.2 Å². The van der Waals surface area contributed by atoms with Gasteiger partial charge in [-0.1, -0.05) is 19.9 Å². The molecule has 1 N–H and O–H groups in total. The fraction of sp³-hybridized carbons (Fsp3) is 0.400. The van der Waals surface area contributed by atoms with Crippen LogP contribution in [0.3, 0.4) is 0 Å². The Hall–Kier alpha value is -1.57. The Labute approximate surface area is 103 Å². The SMILES string of the molecule is CNc1cc(C(C)C)nc2cc(C)cc(C)c12. The summed E-state index contributed by atoms with van der Waals surface area (Å²) in [5.74, 6) is 0.451. The van der Waals surface area contributed by atoms with Crippen LogP contribution >= 0.6 is 0 Å². The van der Waals surface area contributed by atoms with E-state index in [4.69, 9.17) is 4.98 Å². The molecule has 0 aliphatic rings. The third kappa shape index (κ3) is 2.12. The van der Waals surface area contributed by atoms with Crippen LogP contribution in [0.1, 0.15) is 36.6 Å². The number of pyridine rings is 1. The molecule has 0 atom stereocenters. The second kappa shape index (κ2) is 4.36. The zero-order valence-corrected chi connectivity index (χ0v) is 11.3. The zero-order chi connectivity index (χ0) is 12.6. The number of nitrogens with zero attached hydrogens (tertiary/aromatic N) is 1. The van der Waals surface area contributed by atoms with Crippen LogP contribution < -0.4 is 5.32 Å². The highest BCUT2D eigenvalue weighted by atomic mass is 14.8. The summed E-state index contributed by atoms with van der Waals surface area (Å²) in [6.45, 7) is 8.62. The maximum atomic E-state index is 4.77. The van der Waals surface area contributed by atoms with Crippen LogP contribution in [0.5, 0.6) is 0 Å². The highest BCUT2D eigenvalue weighted by Gasteiger charge is 2.10. The average molecular weight is 228 g/mol. The van der Waals surface area contributed by atoms with Crippen molar-refractivity contribution in [1.29, 1.82) is 0 Å². The van der Waals surface area contributed by atoms with Crippen molar-refractivity contribution in [1.82, 2.24) is 4.98 Å². The van der Waals surface area contributed by atoms with Gasteiger partial charge in [0.15, 0.2) is 0 Å². The standard InChI is InChI=1S/C15H20N2/c1-9(2)12-8-13(16-5)15-11(4)6-10(3)7-14(15)17-12/h6-9H,1-5H3,(H,16,17). The minimum absolute atomic E-state index is 0.451. The lowest BCUT2D eigenvalue weighted by Crippen LogP contribution is -1.99. The van der Waals surface area contributed by atoms with Gasteiger partial charge < -0.3 is 5.32 Å². The highest BCUT2D eigenvalue weighted by Crippen LogP contribution is 2.29. The summed E-state index contributed by atoms with van der Waals surface area (Å²) in [4.78, 5) is 4.77. The number of fused-ring (bicyclic) bond motifs is 1. The molecule has 0 fully saturated rings. The molecule has 0 radical (unpaired) electrons. The van der Waals surface area contributed by atoms with E-state index in [2.05, 4.69) is 51.2 Å². The molecule has 17 heavy (non-hydrogen) atoms. The van der Waals surface area contributed by atoms with Gasteiger partial charge in [0.05, 0.1) is 5.52 Å². The van der Waals surface area contributed by atoms with Crippen LogP contribution in [-0.4, -0.2) is 12.0 Å². The third-order valence-electron chi connectivity index (χ3n) is 3.13. The van der Waals surface area contributed by atoms with Gasteiger partial charge >= 0.3 is 0 Å². The number of aromatic nitrogens is 1. The van der Waals surface area contributed by atoms with Gasteiger partial charge in [-0.15, -0.1) is 0 Å². The summed E-state index contributed by atoms with van der Waals surface area (Å²) in [5, 5.41) is 4.52. The van der Waals surface area contributed by atoms with Crippen LogP contribution in [-0.2, 0) is 0 Å². The summed E-state index contributed by atoms with van der Waals surface area (Å²) in [6, 6.07) is 6.53. The molecular formula is C15H20N2. The molecular weight excluding hydrogens is 208 g/mol. The average Bonchev–Trinajstić information content (AvgIpc) is 2.26. The first kappa shape index (κ1) is 11.9. The largest absolute Gasteiger partial charge is 0.388 e. The number of benzene rings is 1. The molecule has 0 saturated carbocycles. The summed E-state index contributed by atoms with van der Waals surface area (Å²) in [7, 11) is 1.97. The second-order valence-corrected chi connectivity index (χ2v) is 4.98. The molecule has 1 aromatic carbocycles. The molecule has 90 valence electrons.